The molecule has 1 unspecified atom stereocenters. The minimum atomic E-state index is -4.09. The van der Waals surface area contributed by atoms with Crippen molar-refractivity contribution >= 4 is 21.6 Å². The van der Waals surface area contributed by atoms with Gasteiger partial charge in [-0.2, -0.15) is 4.31 Å². The fourth-order valence-corrected chi connectivity index (χ4v) is 3.67. The Hall–Kier alpha value is -1.71. The molecule has 1 aromatic carbocycles. The van der Waals surface area contributed by atoms with E-state index in [2.05, 4.69) is 0 Å². The maximum absolute atomic E-state index is 13.7. The zero-order valence-corrected chi connectivity index (χ0v) is 12.2. The summed E-state index contributed by atoms with van der Waals surface area (Å²) in [6, 6.07) is 0.935. The van der Waals surface area contributed by atoms with Crippen LogP contribution in [0.5, 0.6) is 0 Å². The second-order valence-corrected chi connectivity index (χ2v) is 6.62. The molecular formula is C12H16FN3O4S. The van der Waals surface area contributed by atoms with Crippen molar-refractivity contribution in [3.05, 3.63) is 23.5 Å². The second kappa shape index (κ2) is 5.58. The molecule has 9 heteroatoms. The maximum Gasteiger partial charge on any atom is 0.244 e. The predicted octanol–water partition coefficient (Wildman–Crippen LogP) is -0.409. The van der Waals surface area contributed by atoms with Crippen LogP contribution in [0.1, 0.15) is 5.56 Å². The Morgan fingerprint density at radius 3 is 2.71 bits per heavy atom. The van der Waals surface area contributed by atoms with Crippen LogP contribution >= 0.6 is 0 Å². The smallest absolute Gasteiger partial charge is 0.244 e. The third-order valence-electron chi connectivity index (χ3n) is 3.37. The number of nitrogens with two attached hydrogens (primary N) is 2. The Morgan fingerprint density at radius 2 is 2.14 bits per heavy atom. The lowest BCUT2D eigenvalue weighted by molar-refractivity contribution is -0.125. The van der Waals surface area contributed by atoms with Crippen molar-refractivity contribution in [2.75, 3.05) is 25.5 Å². The van der Waals surface area contributed by atoms with E-state index in [9.17, 15) is 17.6 Å². The van der Waals surface area contributed by atoms with E-state index >= 15 is 0 Å². The van der Waals surface area contributed by atoms with Gasteiger partial charge >= 0.3 is 0 Å². The number of hydrogen-bond donors (Lipinski definition) is 2. The average Bonchev–Trinajstić information content (AvgIpc) is 2.44. The lowest BCUT2D eigenvalue weighted by Crippen LogP contribution is -2.54. The molecular weight excluding hydrogens is 301 g/mol. The number of benzene rings is 1. The largest absolute Gasteiger partial charge is 0.398 e. The summed E-state index contributed by atoms with van der Waals surface area (Å²) in [5.41, 5.74) is 11.0. The first-order valence-corrected chi connectivity index (χ1v) is 7.63. The van der Waals surface area contributed by atoms with Crippen LogP contribution in [0.2, 0.25) is 0 Å². The van der Waals surface area contributed by atoms with Crippen LogP contribution in [-0.4, -0.2) is 44.4 Å². The average molecular weight is 317 g/mol. The van der Waals surface area contributed by atoms with Crippen molar-refractivity contribution in [3.8, 4) is 0 Å². The molecule has 0 bridgehead atoms. The van der Waals surface area contributed by atoms with E-state index in [0.717, 1.165) is 10.4 Å². The van der Waals surface area contributed by atoms with Crippen molar-refractivity contribution in [1.29, 1.82) is 0 Å². The highest BCUT2D eigenvalue weighted by atomic mass is 32.2. The number of carbonyl (C=O) groups excluding carboxylic acids is 1. The van der Waals surface area contributed by atoms with Crippen LogP contribution < -0.4 is 11.5 Å². The second-order valence-electron chi connectivity index (χ2n) is 4.73. The first-order valence-electron chi connectivity index (χ1n) is 6.19. The van der Waals surface area contributed by atoms with E-state index in [1.54, 1.807) is 0 Å². The van der Waals surface area contributed by atoms with Gasteiger partial charge in [-0.25, -0.2) is 12.8 Å². The number of primary amides is 1. The number of morpholine rings is 1. The van der Waals surface area contributed by atoms with Gasteiger partial charge in [-0.05, 0) is 19.1 Å². The van der Waals surface area contributed by atoms with Gasteiger partial charge in [-0.15, -0.1) is 0 Å². The Bertz CT molecular complexity index is 654. The van der Waals surface area contributed by atoms with E-state index in [1.165, 1.54) is 13.0 Å². The zero-order valence-electron chi connectivity index (χ0n) is 11.4. The van der Waals surface area contributed by atoms with Gasteiger partial charge in [0.05, 0.1) is 18.1 Å². The molecule has 1 aliphatic heterocycles. The molecule has 1 aromatic rings. The lowest BCUT2D eigenvalue weighted by Gasteiger charge is -2.32. The molecule has 0 spiro atoms. The summed E-state index contributed by atoms with van der Waals surface area (Å²) in [4.78, 5) is 11.1. The van der Waals surface area contributed by atoms with Crippen LogP contribution in [0.15, 0.2) is 17.0 Å². The standard InChI is InChI=1S/C12H16FN3O4S/c1-7-9(13)4-8(5-10(7)14)21(18,19)16-2-3-20-6-11(16)12(15)17/h4-5,11H,2-3,6,14H2,1H3,(H2,15,17). The molecule has 0 radical (unpaired) electrons. The van der Waals surface area contributed by atoms with E-state index in [1.807, 2.05) is 0 Å². The zero-order chi connectivity index (χ0) is 15.8. The number of nitrogen functional groups attached to an aromatic ring is 1. The van der Waals surface area contributed by atoms with E-state index in [4.69, 9.17) is 16.2 Å². The number of halogens is 1. The number of nitrogens with zero attached hydrogens (tertiary/aromatic N) is 1. The monoisotopic (exact) mass is 317 g/mol. The topological polar surface area (TPSA) is 116 Å². The first kappa shape index (κ1) is 15.7. The fourth-order valence-electron chi connectivity index (χ4n) is 2.06. The number of rotatable bonds is 3. The maximum atomic E-state index is 13.7. The summed E-state index contributed by atoms with van der Waals surface area (Å²) >= 11 is 0. The van der Waals surface area contributed by atoms with E-state index in [0.29, 0.717) is 0 Å². The SMILES string of the molecule is Cc1c(N)cc(S(=O)(=O)N2CCOCC2C(N)=O)cc1F. The first-order chi connectivity index (χ1) is 9.75. The quantitative estimate of drug-likeness (QED) is 0.735. The lowest BCUT2D eigenvalue weighted by atomic mass is 10.2. The molecule has 0 saturated carbocycles. The molecule has 7 nitrogen and oxygen atoms in total. The fraction of sp³-hybridized carbons (Fsp3) is 0.417. The molecule has 1 heterocycles. The van der Waals surface area contributed by atoms with Crippen molar-refractivity contribution in [1.82, 2.24) is 4.31 Å². The molecule has 21 heavy (non-hydrogen) atoms. The van der Waals surface area contributed by atoms with Crippen LogP contribution in [0.25, 0.3) is 0 Å². The normalized spacial score (nSPS) is 20.4. The Labute approximate surface area is 121 Å². The number of amides is 1. The summed E-state index contributed by atoms with van der Waals surface area (Å²) in [5.74, 6) is -1.55. The van der Waals surface area contributed by atoms with Crippen LogP contribution in [0.4, 0.5) is 10.1 Å². The minimum Gasteiger partial charge on any atom is -0.398 e. The predicted molar refractivity (Wildman–Crippen MR) is 73.2 cm³/mol. The van der Waals surface area contributed by atoms with Gasteiger partial charge in [0.1, 0.15) is 11.9 Å². The van der Waals surface area contributed by atoms with Gasteiger partial charge in [0.15, 0.2) is 0 Å². The minimum absolute atomic E-state index is 0.0254. The van der Waals surface area contributed by atoms with Gasteiger partial charge < -0.3 is 16.2 Å². The highest BCUT2D eigenvalue weighted by Gasteiger charge is 2.37. The highest BCUT2D eigenvalue weighted by Crippen LogP contribution is 2.25. The molecule has 1 aliphatic rings. The Kier molecular flexibility index (Phi) is 4.17. The van der Waals surface area contributed by atoms with Crippen LogP contribution in [0.3, 0.4) is 0 Å². The third-order valence-corrected chi connectivity index (χ3v) is 5.26. The highest BCUT2D eigenvalue weighted by molar-refractivity contribution is 7.89. The number of hydrogen-bond acceptors (Lipinski definition) is 5. The molecule has 2 rings (SSSR count). The molecule has 1 amide bonds. The van der Waals surface area contributed by atoms with Crippen LogP contribution in [0, 0.1) is 12.7 Å². The number of sulfonamides is 1. The van der Waals surface area contributed by atoms with Gasteiger partial charge in [0.25, 0.3) is 0 Å². The molecule has 116 valence electrons. The molecule has 0 aromatic heterocycles. The van der Waals surface area contributed by atoms with Gasteiger partial charge in [-0.3, -0.25) is 4.79 Å². The molecule has 4 N–H and O–H groups in total. The van der Waals surface area contributed by atoms with Crippen molar-refractivity contribution in [2.45, 2.75) is 17.9 Å². The molecule has 1 atom stereocenters. The summed E-state index contributed by atoms with van der Waals surface area (Å²) < 4.78 is 44.8. The molecule has 0 aliphatic carbocycles. The van der Waals surface area contributed by atoms with Crippen molar-refractivity contribution in [3.63, 3.8) is 0 Å². The summed E-state index contributed by atoms with van der Waals surface area (Å²) in [6.07, 6.45) is 0. The van der Waals surface area contributed by atoms with Crippen molar-refractivity contribution in [2.24, 2.45) is 5.73 Å². The number of anilines is 1. The Balaban J connectivity index is 2.48. The third kappa shape index (κ3) is 2.85. The van der Waals surface area contributed by atoms with Gasteiger partial charge in [0, 0.05) is 17.8 Å². The van der Waals surface area contributed by atoms with Gasteiger partial charge in [-0.1, -0.05) is 0 Å². The van der Waals surface area contributed by atoms with Crippen LogP contribution in [-0.2, 0) is 19.6 Å². The van der Waals surface area contributed by atoms with E-state index < -0.39 is 27.8 Å². The summed E-state index contributed by atoms with van der Waals surface area (Å²) in [6.45, 7) is 1.42. The summed E-state index contributed by atoms with van der Waals surface area (Å²) in [7, 11) is -4.09. The number of carbonyl (C=O) groups is 1. The van der Waals surface area contributed by atoms with Crippen molar-refractivity contribution < 1.29 is 22.3 Å². The van der Waals surface area contributed by atoms with E-state index in [-0.39, 0.29) is 35.9 Å². The van der Waals surface area contributed by atoms with Gasteiger partial charge in [0.2, 0.25) is 15.9 Å². The number of ether oxygens (including phenoxy) is 1. The molecule has 1 fully saturated rings. The summed E-state index contributed by atoms with van der Waals surface area (Å²) in [5, 5.41) is 0. The molecule has 1 saturated heterocycles. The Morgan fingerprint density at radius 1 is 1.48 bits per heavy atom.